The minimum Gasteiger partial charge on any atom is -0.385 e. The molecule has 6 nitrogen and oxygen atoms in total. The molecule has 0 saturated carbocycles. The van der Waals surface area contributed by atoms with Crippen LogP contribution < -0.4 is 5.32 Å². The second-order valence-electron chi connectivity index (χ2n) is 4.20. The Labute approximate surface area is 115 Å². The average Bonchev–Trinajstić information content (AvgIpc) is 2.87. The van der Waals surface area contributed by atoms with Crippen molar-refractivity contribution in [3.63, 3.8) is 0 Å². The molecule has 6 heteroatoms. The zero-order valence-electron chi connectivity index (χ0n) is 11.9. The minimum atomic E-state index is 0.682. The highest BCUT2D eigenvalue weighted by atomic mass is 16.5. The molecule has 1 aromatic rings. The maximum atomic E-state index is 5.49. The molecular weight excluding hydrogens is 246 g/mol. The van der Waals surface area contributed by atoms with Gasteiger partial charge in [-0.3, -0.25) is 4.68 Å². The van der Waals surface area contributed by atoms with Gasteiger partial charge < -0.3 is 19.5 Å². The van der Waals surface area contributed by atoms with Crippen molar-refractivity contribution < 1.29 is 14.2 Å². The third-order valence-corrected chi connectivity index (χ3v) is 2.59. The molecule has 1 heterocycles. The lowest BCUT2D eigenvalue weighted by Gasteiger charge is -2.04. The smallest absolute Gasteiger partial charge is 0.0762 e. The van der Waals surface area contributed by atoms with Crippen LogP contribution in [-0.4, -0.2) is 57.0 Å². The second kappa shape index (κ2) is 10.9. The van der Waals surface area contributed by atoms with Crippen molar-refractivity contribution in [2.24, 2.45) is 0 Å². The number of aromatic nitrogens is 2. The predicted molar refractivity (Wildman–Crippen MR) is 73.1 cm³/mol. The van der Waals surface area contributed by atoms with Crippen LogP contribution in [0.3, 0.4) is 0 Å². The predicted octanol–water partition coefficient (Wildman–Crippen LogP) is 0.672. The summed E-state index contributed by atoms with van der Waals surface area (Å²) in [6.07, 6.45) is 2.91. The Hall–Kier alpha value is -0.950. The topological polar surface area (TPSA) is 57.5 Å². The van der Waals surface area contributed by atoms with Crippen LogP contribution >= 0.6 is 0 Å². The summed E-state index contributed by atoms with van der Waals surface area (Å²) in [6.45, 7) is 5.28. The van der Waals surface area contributed by atoms with E-state index in [4.69, 9.17) is 14.2 Å². The quantitative estimate of drug-likeness (QED) is 0.566. The molecule has 0 amide bonds. The van der Waals surface area contributed by atoms with Crippen LogP contribution in [0.4, 0.5) is 0 Å². The van der Waals surface area contributed by atoms with Crippen LogP contribution in [0, 0.1) is 0 Å². The third-order valence-electron chi connectivity index (χ3n) is 2.59. The van der Waals surface area contributed by atoms with Gasteiger partial charge in [0.1, 0.15) is 0 Å². The molecule has 19 heavy (non-hydrogen) atoms. The fraction of sp³-hybridized carbons (Fsp3) is 0.769. The first-order valence-electron chi connectivity index (χ1n) is 6.65. The molecule has 0 fully saturated rings. The Bertz CT molecular complexity index is 318. The zero-order valence-corrected chi connectivity index (χ0v) is 11.9. The maximum Gasteiger partial charge on any atom is 0.0762 e. The van der Waals surface area contributed by atoms with Crippen molar-refractivity contribution >= 4 is 0 Å². The summed E-state index contributed by atoms with van der Waals surface area (Å²) < 4.78 is 17.3. The van der Waals surface area contributed by atoms with Crippen LogP contribution in [0.15, 0.2) is 12.3 Å². The summed E-state index contributed by atoms with van der Waals surface area (Å²) in [6, 6.07) is 2.02. The lowest BCUT2D eigenvalue weighted by molar-refractivity contribution is 0.0960. The van der Waals surface area contributed by atoms with Gasteiger partial charge in [-0.1, -0.05) is 0 Å². The van der Waals surface area contributed by atoms with Crippen LogP contribution in [0.2, 0.25) is 0 Å². The Morgan fingerprint density at radius 3 is 2.79 bits per heavy atom. The van der Waals surface area contributed by atoms with Crippen molar-refractivity contribution in [1.29, 1.82) is 0 Å². The van der Waals surface area contributed by atoms with Gasteiger partial charge in [0.05, 0.1) is 25.5 Å². The van der Waals surface area contributed by atoms with E-state index in [0.717, 1.165) is 51.6 Å². The summed E-state index contributed by atoms with van der Waals surface area (Å²) in [5, 5.41) is 7.71. The highest BCUT2D eigenvalue weighted by Crippen LogP contribution is 1.95. The van der Waals surface area contributed by atoms with E-state index in [2.05, 4.69) is 10.4 Å². The summed E-state index contributed by atoms with van der Waals surface area (Å²) in [5.41, 5.74) is 1.04. The monoisotopic (exact) mass is 271 g/mol. The highest BCUT2D eigenvalue weighted by Gasteiger charge is 1.98. The van der Waals surface area contributed by atoms with Gasteiger partial charge in [-0.15, -0.1) is 0 Å². The Morgan fingerprint density at radius 1 is 1.16 bits per heavy atom. The zero-order chi connectivity index (χ0) is 13.8. The summed E-state index contributed by atoms with van der Waals surface area (Å²) in [7, 11) is 3.40. The number of nitrogens with zero attached hydrogens (tertiary/aromatic N) is 2. The number of hydrogen-bond acceptors (Lipinski definition) is 5. The second-order valence-corrected chi connectivity index (χ2v) is 4.20. The molecule has 110 valence electrons. The van der Waals surface area contributed by atoms with E-state index < -0.39 is 0 Å². The molecule has 1 rings (SSSR count). The fourth-order valence-electron chi connectivity index (χ4n) is 1.58. The molecule has 0 aromatic carbocycles. The summed E-state index contributed by atoms with van der Waals surface area (Å²) >= 11 is 0. The van der Waals surface area contributed by atoms with Crippen LogP contribution in [0.5, 0.6) is 0 Å². The first-order valence-corrected chi connectivity index (χ1v) is 6.65. The van der Waals surface area contributed by atoms with Gasteiger partial charge in [-0.25, -0.2) is 0 Å². The first-order chi connectivity index (χ1) is 9.36. The number of ether oxygens (including phenoxy) is 3. The fourth-order valence-corrected chi connectivity index (χ4v) is 1.58. The van der Waals surface area contributed by atoms with E-state index in [-0.39, 0.29) is 0 Å². The van der Waals surface area contributed by atoms with Gasteiger partial charge in [0.25, 0.3) is 0 Å². The molecule has 0 aliphatic rings. The van der Waals surface area contributed by atoms with Crippen molar-refractivity contribution in [3.8, 4) is 0 Å². The van der Waals surface area contributed by atoms with Crippen LogP contribution in [0.1, 0.15) is 12.1 Å². The summed E-state index contributed by atoms with van der Waals surface area (Å²) in [5.74, 6) is 0. The van der Waals surface area contributed by atoms with Crippen LogP contribution in [-0.2, 0) is 27.3 Å². The van der Waals surface area contributed by atoms with Crippen LogP contribution in [0.25, 0.3) is 0 Å². The number of nitrogens with one attached hydrogen (secondary N) is 1. The summed E-state index contributed by atoms with van der Waals surface area (Å²) in [4.78, 5) is 0. The number of hydrogen-bond donors (Lipinski definition) is 1. The molecule has 0 bridgehead atoms. The van der Waals surface area contributed by atoms with Crippen molar-refractivity contribution in [2.45, 2.75) is 19.5 Å². The van der Waals surface area contributed by atoms with Gasteiger partial charge in [-0.05, 0) is 12.5 Å². The number of rotatable bonds is 12. The van der Waals surface area contributed by atoms with E-state index in [1.807, 2.05) is 16.9 Å². The molecule has 0 spiro atoms. The minimum absolute atomic E-state index is 0.682. The highest BCUT2D eigenvalue weighted by molar-refractivity contribution is 4.98. The van der Waals surface area contributed by atoms with E-state index >= 15 is 0 Å². The van der Waals surface area contributed by atoms with Gasteiger partial charge in [-0.2, -0.15) is 5.10 Å². The molecule has 0 radical (unpaired) electrons. The Kier molecular flexibility index (Phi) is 9.26. The standard InChI is InChI=1S/C13H25N3O3/c1-17-8-3-9-19-11-7-16-6-4-13(15-16)12-14-5-10-18-2/h4,6,14H,3,5,7-12H2,1-2H3. The molecule has 0 atom stereocenters. The molecule has 0 aliphatic heterocycles. The normalized spacial score (nSPS) is 11.1. The molecule has 1 N–H and O–H groups in total. The van der Waals surface area contributed by atoms with Gasteiger partial charge in [0.15, 0.2) is 0 Å². The van der Waals surface area contributed by atoms with Gasteiger partial charge in [0, 0.05) is 46.7 Å². The molecule has 0 saturated heterocycles. The van der Waals surface area contributed by atoms with E-state index in [9.17, 15) is 0 Å². The van der Waals surface area contributed by atoms with E-state index in [1.54, 1.807) is 14.2 Å². The number of methoxy groups -OCH3 is 2. The molecular formula is C13H25N3O3. The molecule has 0 unspecified atom stereocenters. The lowest BCUT2D eigenvalue weighted by atomic mass is 10.4. The third kappa shape index (κ3) is 7.94. The van der Waals surface area contributed by atoms with Gasteiger partial charge >= 0.3 is 0 Å². The Balaban J connectivity index is 2.06. The van der Waals surface area contributed by atoms with E-state index in [1.165, 1.54) is 0 Å². The average molecular weight is 271 g/mol. The first kappa shape index (κ1) is 16.1. The van der Waals surface area contributed by atoms with Crippen molar-refractivity contribution in [2.75, 3.05) is 47.2 Å². The van der Waals surface area contributed by atoms with Crippen molar-refractivity contribution in [1.82, 2.24) is 15.1 Å². The molecule has 1 aromatic heterocycles. The largest absolute Gasteiger partial charge is 0.385 e. The maximum absolute atomic E-state index is 5.49. The van der Waals surface area contributed by atoms with E-state index in [0.29, 0.717) is 6.61 Å². The van der Waals surface area contributed by atoms with Crippen molar-refractivity contribution in [3.05, 3.63) is 18.0 Å². The SMILES string of the molecule is COCCCOCCn1ccc(CNCCOC)n1. The molecule has 0 aliphatic carbocycles. The van der Waals surface area contributed by atoms with Gasteiger partial charge in [0.2, 0.25) is 0 Å². The lowest BCUT2D eigenvalue weighted by Crippen LogP contribution is -2.19. The Morgan fingerprint density at radius 2 is 2.00 bits per heavy atom.